The van der Waals surface area contributed by atoms with Gasteiger partial charge < -0.3 is 24.3 Å². The quantitative estimate of drug-likeness (QED) is 0.674. The van der Waals surface area contributed by atoms with Gasteiger partial charge in [0.25, 0.3) is 5.91 Å². The first-order valence-electron chi connectivity index (χ1n) is 9.04. The van der Waals surface area contributed by atoms with Crippen molar-refractivity contribution >= 4 is 29.2 Å². The highest BCUT2D eigenvalue weighted by Crippen LogP contribution is 2.37. The summed E-state index contributed by atoms with van der Waals surface area (Å²) in [6.07, 6.45) is 0.889. The topological polar surface area (TPSA) is 83.1 Å². The standard InChI is InChI=1S/C19H26ClNO6/c1-12(2)5-8-24-13(3)19(23)27-11-18(22)21-15-10-17-16(9-14(15)20)25-6-4-7-26-17/h9-10,12-13H,4-8,11H2,1-3H3,(H,21,22). The minimum Gasteiger partial charge on any atom is -0.490 e. The molecule has 0 saturated carbocycles. The number of benzene rings is 1. The van der Waals surface area contributed by atoms with E-state index in [0.29, 0.717) is 47.9 Å². The Hall–Kier alpha value is -1.99. The minimum absolute atomic E-state index is 0.310. The zero-order chi connectivity index (χ0) is 19.8. The number of esters is 1. The summed E-state index contributed by atoms with van der Waals surface area (Å²) in [6.45, 7) is 6.84. The number of ether oxygens (including phenoxy) is 4. The molecule has 0 spiro atoms. The molecule has 8 heteroatoms. The molecule has 1 atom stereocenters. The Morgan fingerprint density at radius 2 is 1.85 bits per heavy atom. The predicted molar refractivity (Wildman–Crippen MR) is 102 cm³/mol. The molecule has 0 radical (unpaired) electrons. The number of rotatable bonds is 8. The summed E-state index contributed by atoms with van der Waals surface area (Å²) in [5.41, 5.74) is 0.364. The maximum absolute atomic E-state index is 12.1. The number of hydrogen-bond acceptors (Lipinski definition) is 6. The monoisotopic (exact) mass is 399 g/mol. The van der Waals surface area contributed by atoms with E-state index in [4.69, 9.17) is 30.5 Å². The summed E-state index contributed by atoms with van der Waals surface area (Å²) in [6, 6.07) is 3.19. The molecule has 1 aliphatic rings. The zero-order valence-corrected chi connectivity index (χ0v) is 16.6. The van der Waals surface area contributed by atoms with Crippen LogP contribution in [-0.4, -0.2) is 44.4 Å². The third kappa shape index (κ3) is 6.92. The second kappa shape index (κ2) is 10.4. The maximum atomic E-state index is 12.1. The fourth-order valence-electron chi connectivity index (χ4n) is 2.27. The normalized spacial score (nSPS) is 14.4. The molecule has 1 heterocycles. The fraction of sp³-hybridized carbons (Fsp3) is 0.579. The van der Waals surface area contributed by atoms with Crippen LogP contribution in [0.25, 0.3) is 0 Å². The van der Waals surface area contributed by atoms with Gasteiger partial charge in [0.15, 0.2) is 24.2 Å². The number of carbonyl (C=O) groups is 2. The van der Waals surface area contributed by atoms with Crippen LogP contribution in [0.2, 0.25) is 5.02 Å². The highest BCUT2D eigenvalue weighted by atomic mass is 35.5. The Bertz CT molecular complexity index is 664. The Labute approximate surface area is 164 Å². The first kappa shape index (κ1) is 21.3. The Morgan fingerprint density at radius 3 is 2.52 bits per heavy atom. The molecule has 1 aromatic carbocycles. The molecule has 0 bridgehead atoms. The Kier molecular flexibility index (Phi) is 8.19. The van der Waals surface area contributed by atoms with Crippen molar-refractivity contribution in [1.82, 2.24) is 0 Å². The molecule has 0 fully saturated rings. The number of nitrogens with one attached hydrogen (secondary N) is 1. The number of carbonyl (C=O) groups excluding carboxylic acids is 2. The fourth-order valence-corrected chi connectivity index (χ4v) is 2.47. The lowest BCUT2D eigenvalue weighted by Gasteiger charge is -2.14. The zero-order valence-electron chi connectivity index (χ0n) is 15.9. The Balaban J connectivity index is 1.83. The van der Waals surface area contributed by atoms with Gasteiger partial charge in [0.05, 0.1) is 23.9 Å². The van der Waals surface area contributed by atoms with E-state index in [1.807, 2.05) is 0 Å². The van der Waals surface area contributed by atoms with Gasteiger partial charge in [-0.15, -0.1) is 0 Å². The van der Waals surface area contributed by atoms with E-state index >= 15 is 0 Å². The first-order chi connectivity index (χ1) is 12.9. The highest BCUT2D eigenvalue weighted by Gasteiger charge is 2.19. The molecule has 1 N–H and O–H groups in total. The van der Waals surface area contributed by atoms with Crippen molar-refractivity contribution in [2.45, 2.75) is 39.7 Å². The van der Waals surface area contributed by atoms with E-state index < -0.39 is 24.6 Å². The summed E-state index contributed by atoms with van der Waals surface area (Å²) in [7, 11) is 0. The summed E-state index contributed by atoms with van der Waals surface area (Å²) in [4.78, 5) is 24.0. The lowest BCUT2D eigenvalue weighted by molar-refractivity contribution is -0.158. The second-order valence-corrected chi connectivity index (χ2v) is 7.09. The van der Waals surface area contributed by atoms with E-state index in [1.54, 1.807) is 19.1 Å². The summed E-state index contributed by atoms with van der Waals surface area (Å²) in [5, 5.41) is 2.92. The first-order valence-corrected chi connectivity index (χ1v) is 9.42. The van der Waals surface area contributed by atoms with E-state index in [-0.39, 0.29) is 0 Å². The molecule has 150 valence electrons. The van der Waals surface area contributed by atoms with Crippen molar-refractivity contribution in [1.29, 1.82) is 0 Å². The number of hydrogen-bond donors (Lipinski definition) is 1. The van der Waals surface area contributed by atoms with Crippen LogP contribution in [0.5, 0.6) is 11.5 Å². The highest BCUT2D eigenvalue weighted by molar-refractivity contribution is 6.34. The van der Waals surface area contributed by atoms with Crippen molar-refractivity contribution in [3.05, 3.63) is 17.2 Å². The molecule has 0 aromatic heterocycles. The van der Waals surface area contributed by atoms with E-state index in [9.17, 15) is 9.59 Å². The molecule has 1 unspecified atom stereocenters. The Morgan fingerprint density at radius 1 is 1.19 bits per heavy atom. The molecular formula is C19H26ClNO6. The molecule has 2 rings (SSSR count). The van der Waals surface area contributed by atoms with Gasteiger partial charge in [-0.25, -0.2) is 4.79 Å². The van der Waals surface area contributed by atoms with Crippen molar-refractivity contribution in [3.8, 4) is 11.5 Å². The SMILES string of the molecule is CC(C)CCOC(C)C(=O)OCC(=O)Nc1cc2c(cc1Cl)OCCCO2. The molecule has 0 saturated heterocycles. The molecule has 27 heavy (non-hydrogen) atoms. The van der Waals surface area contributed by atoms with Gasteiger partial charge in [-0.2, -0.15) is 0 Å². The molecule has 1 amide bonds. The van der Waals surface area contributed by atoms with Gasteiger partial charge in [-0.05, 0) is 19.3 Å². The largest absolute Gasteiger partial charge is 0.490 e. The van der Waals surface area contributed by atoms with Crippen molar-refractivity contribution in [2.24, 2.45) is 5.92 Å². The third-order valence-corrected chi connectivity index (χ3v) is 4.16. The molecule has 7 nitrogen and oxygen atoms in total. The second-order valence-electron chi connectivity index (χ2n) is 6.68. The molecular weight excluding hydrogens is 374 g/mol. The van der Waals surface area contributed by atoms with Crippen LogP contribution < -0.4 is 14.8 Å². The van der Waals surface area contributed by atoms with Crippen LogP contribution in [-0.2, 0) is 19.1 Å². The smallest absolute Gasteiger partial charge is 0.335 e. The van der Waals surface area contributed by atoms with Crippen LogP contribution in [0, 0.1) is 5.92 Å². The van der Waals surface area contributed by atoms with E-state index in [1.165, 1.54) is 0 Å². The average molecular weight is 400 g/mol. The van der Waals surface area contributed by atoms with Gasteiger partial charge in [0.2, 0.25) is 0 Å². The molecule has 1 aliphatic heterocycles. The summed E-state index contributed by atoms with van der Waals surface area (Å²) < 4.78 is 21.5. The number of amides is 1. The van der Waals surface area contributed by atoms with Crippen molar-refractivity contribution in [2.75, 3.05) is 31.7 Å². The van der Waals surface area contributed by atoms with Crippen LogP contribution in [0.4, 0.5) is 5.69 Å². The van der Waals surface area contributed by atoms with Gasteiger partial charge >= 0.3 is 5.97 Å². The molecule has 1 aromatic rings. The maximum Gasteiger partial charge on any atom is 0.335 e. The van der Waals surface area contributed by atoms with Gasteiger partial charge in [0.1, 0.15) is 0 Å². The van der Waals surface area contributed by atoms with Crippen LogP contribution >= 0.6 is 11.6 Å². The molecule has 0 aliphatic carbocycles. The van der Waals surface area contributed by atoms with Crippen LogP contribution in [0.1, 0.15) is 33.6 Å². The average Bonchev–Trinajstić information content (AvgIpc) is 2.84. The van der Waals surface area contributed by atoms with Gasteiger partial charge in [-0.3, -0.25) is 4.79 Å². The third-order valence-electron chi connectivity index (χ3n) is 3.85. The van der Waals surface area contributed by atoms with Crippen LogP contribution in [0.3, 0.4) is 0 Å². The number of halogens is 1. The number of anilines is 1. The summed E-state index contributed by atoms with van der Waals surface area (Å²) >= 11 is 6.18. The van der Waals surface area contributed by atoms with Crippen LogP contribution in [0.15, 0.2) is 12.1 Å². The predicted octanol–water partition coefficient (Wildman–Crippen LogP) is 3.43. The van der Waals surface area contributed by atoms with E-state index in [2.05, 4.69) is 19.2 Å². The van der Waals surface area contributed by atoms with Gasteiger partial charge in [0, 0.05) is 25.2 Å². The van der Waals surface area contributed by atoms with E-state index in [0.717, 1.165) is 12.8 Å². The lowest BCUT2D eigenvalue weighted by atomic mass is 10.1. The summed E-state index contributed by atoms with van der Waals surface area (Å²) in [5.74, 6) is 0.442. The number of fused-ring (bicyclic) bond motifs is 1. The van der Waals surface area contributed by atoms with Crippen molar-refractivity contribution in [3.63, 3.8) is 0 Å². The van der Waals surface area contributed by atoms with Crippen molar-refractivity contribution < 1.29 is 28.5 Å². The minimum atomic E-state index is -0.724. The van der Waals surface area contributed by atoms with Gasteiger partial charge in [-0.1, -0.05) is 25.4 Å². The lowest BCUT2D eigenvalue weighted by Crippen LogP contribution is -2.28.